The molecule has 0 unspecified atom stereocenters. The van der Waals surface area contributed by atoms with Gasteiger partial charge in [0.05, 0.1) is 0 Å². The summed E-state index contributed by atoms with van der Waals surface area (Å²) < 4.78 is 5.43. The maximum atomic E-state index is 11.5. The van der Waals surface area contributed by atoms with Crippen LogP contribution in [0.15, 0.2) is 24.3 Å². The number of hydrogen-bond donors (Lipinski definition) is 1. The summed E-state index contributed by atoms with van der Waals surface area (Å²) in [5.41, 5.74) is 1.04. The molecule has 0 aromatic heterocycles. The monoisotopic (exact) mass is 221 g/mol. The first-order valence-electron chi connectivity index (χ1n) is 5.61. The van der Waals surface area contributed by atoms with Crippen molar-refractivity contribution < 1.29 is 9.53 Å². The number of nitrogens with one attached hydrogen (secondary N) is 1. The lowest BCUT2D eigenvalue weighted by Gasteiger charge is -2.12. The van der Waals surface area contributed by atoms with Gasteiger partial charge in [0.25, 0.3) is 5.91 Å². The molecule has 0 fully saturated rings. The molecule has 0 heterocycles. The number of ether oxygens (including phenoxy) is 1. The lowest BCUT2D eigenvalue weighted by atomic mass is 10.2. The molecule has 88 valence electrons. The first kappa shape index (κ1) is 12.6. The van der Waals surface area contributed by atoms with E-state index in [1.54, 1.807) is 0 Å². The molecule has 1 atom stereocenters. The van der Waals surface area contributed by atoms with Gasteiger partial charge in [0.1, 0.15) is 5.75 Å². The molecule has 3 nitrogen and oxygen atoms in total. The highest BCUT2D eigenvalue weighted by Gasteiger charge is 2.06. The summed E-state index contributed by atoms with van der Waals surface area (Å²) in [5, 5.41) is 2.86. The predicted octanol–water partition coefficient (Wildman–Crippen LogP) is 2.29. The minimum atomic E-state index is -0.0717. The third kappa shape index (κ3) is 3.93. The molecule has 0 aliphatic heterocycles. The standard InChI is InChI=1S/C13H19NO2/c1-4-11(3)14-13(15)9-16-12-8-6-5-7-10(12)2/h5-8,11H,4,9H2,1-3H3,(H,14,15)/t11-/m1/s1. The summed E-state index contributed by atoms with van der Waals surface area (Å²) in [6.07, 6.45) is 0.927. The molecule has 0 radical (unpaired) electrons. The highest BCUT2D eigenvalue weighted by atomic mass is 16.5. The molecule has 1 N–H and O–H groups in total. The highest BCUT2D eigenvalue weighted by Crippen LogP contribution is 2.15. The van der Waals surface area contributed by atoms with Crippen molar-refractivity contribution in [1.82, 2.24) is 5.32 Å². The predicted molar refractivity (Wildman–Crippen MR) is 64.6 cm³/mol. The van der Waals surface area contributed by atoms with Crippen LogP contribution in [0.25, 0.3) is 0 Å². The first-order chi connectivity index (χ1) is 7.63. The molecule has 0 saturated carbocycles. The van der Waals surface area contributed by atoms with Crippen molar-refractivity contribution in [2.45, 2.75) is 33.2 Å². The molecule has 3 heteroatoms. The molecule has 0 bridgehead atoms. The second kappa shape index (κ2) is 6.16. The van der Waals surface area contributed by atoms with Crippen LogP contribution >= 0.6 is 0 Å². The summed E-state index contributed by atoms with van der Waals surface area (Å²) >= 11 is 0. The van der Waals surface area contributed by atoms with Crippen molar-refractivity contribution in [2.24, 2.45) is 0 Å². The molecule has 16 heavy (non-hydrogen) atoms. The fourth-order valence-electron chi connectivity index (χ4n) is 1.28. The minimum absolute atomic E-state index is 0.0717. The molecule has 1 aromatic rings. The number of hydrogen-bond acceptors (Lipinski definition) is 2. The van der Waals surface area contributed by atoms with Crippen LogP contribution in [0.3, 0.4) is 0 Å². The molecule has 0 aliphatic rings. The maximum Gasteiger partial charge on any atom is 0.258 e. The summed E-state index contributed by atoms with van der Waals surface area (Å²) in [6, 6.07) is 7.87. The van der Waals surface area contributed by atoms with E-state index in [0.29, 0.717) is 0 Å². The zero-order valence-electron chi connectivity index (χ0n) is 10.1. The van der Waals surface area contributed by atoms with Crippen molar-refractivity contribution in [3.63, 3.8) is 0 Å². The average molecular weight is 221 g/mol. The number of rotatable bonds is 5. The van der Waals surface area contributed by atoms with Crippen LogP contribution < -0.4 is 10.1 Å². The van der Waals surface area contributed by atoms with Crippen molar-refractivity contribution in [3.05, 3.63) is 29.8 Å². The number of carbonyl (C=O) groups is 1. The van der Waals surface area contributed by atoms with Crippen molar-refractivity contribution in [1.29, 1.82) is 0 Å². The summed E-state index contributed by atoms with van der Waals surface area (Å²) in [7, 11) is 0. The van der Waals surface area contributed by atoms with Gasteiger partial charge in [-0.05, 0) is 31.9 Å². The van der Waals surface area contributed by atoms with Crippen LogP contribution in [-0.2, 0) is 4.79 Å². The number of benzene rings is 1. The van der Waals surface area contributed by atoms with Gasteiger partial charge in [-0.25, -0.2) is 0 Å². The van der Waals surface area contributed by atoms with Crippen molar-refractivity contribution in [3.8, 4) is 5.75 Å². The number of para-hydroxylation sites is 1. The fourth-order valence-corrected chi connectivity index (χ4v) is 1.28. The van der Waals surface area contributed by atoms with Crippen molar-refractivity contribution >= 4 is 5.91 Å². The van der Waals surface area contributed by atoms with Gasteiger partial charge in [-0.1, -0.05) is 25.1 Å². The molecular formula is C13H19NO2. The van der Waals surface area contributed by atoms with Gasteiger partial charge in [-0.15, -0.1) is 0 Å². The van der Waals surface area contributed by atoms with Gasteiger partial charge in [-0.3, -0.25) is 4.79 Å². The Labute approximate surface area is 96.8 Å². The van der Waals surface area contributed by atoms with E-state index in [2.05, 4.69) is 5.32 Å². The lowest BCUT2D eigenvalue weighted by molar-refractivity contribution is -0.123. The fraction of sp³-hybridized carbons (Fsp3) is 0.462. The van der Waals surface area contributed by atoms with E-state index in [1.807, 2.05) is 45.0 Å². The largest absolute Gasteiger partial charge is 0.484 e. The normalized spacial score (nSPS) is 11.9. The van der Waals surface area contributed by atoms with Crippen LogP contribution in [0.2, 0.25) is 0 Å². The van der Waals surface area contributed by atoms with Gasteiger partial charge < -0.3 is 10.1 Å². The van der Waals surface area contributed by atoms with Crippen LogP contribution in [0.1, 0.15) is 25.8 Å². The van der Waals surface area contributed by atoms with E-state index in [1.165, 1.54) is 0 Å². The first-order valence-corrected chi connectivity index (χ1v) is 5.61. The Balaban J connectivity index is 2.40. The highest BCUT2D eigenvalue weighted by molar-refractivity contribution is 5.77. The van der Waals surface area contributed by atoms with E-state index < -0.39 is 0 Å². The molecule has 0 aliphatic carbocycles. The van der Waals surface area contributed by atoms with Crippen LogP contribution in [-0.4, -0.2) is 18.6 Å². The number of amides is 1. The van der Waals surface area contributed by atoms with E-state index in [4.69, 9.17) is 4.74 Å². The smallest absolute Gasteiger partial charge is 0.258 e. The molecule has 1 rings (SSSR count). The Hall–Kier alpha value is -1.51. The van der Waals surface area contributed by atoms with E-state index in [9.17, 15) is 4.79 Å². The summed E-state index contributed by atoms with van der Waals surface area (Å²) in [6.45, 7) is 6.05. The zero-order chi connectivity index (χ0) is 12.0. The summed E-state index contributed by atoms with van der Waals surface area (Å²) in [5.74, 6) is 0.694. The quantitative estimate of drug-likeness (QED) is 0.828. The Bertz CT molecular complexity index is 350. The third-order valence-electron chi connectivity index (χ3n) is 2.47. The molecule has 0 saturated heterocycles. The number of aryl methyl sites for hydroxylation is 1. The third-order valence-corrected chi connectivity index (χ3v) is 2.47. The maximum absolute atomic E-state index is 11.5. The second-order valence-corrected chi connectivity index (χ2v) is 3.93. The molecule has 0 spiro atoms. The second-order valence-electron chi connectivity index (χ2n) is 3.93. The zero-order valence-corrected chi connectivity index (χ0v) is 10.1. The molecular weight excluding hydrogens is 202 g/mol. The Kier molecular flexibility index (Phi) is 4.83. The van der Waals surface area contributed by atoms with Gasteiger partial charge in [-0.2, -0.15) is 0 Å². The Morgan fingerprint density at radius 2 is 2.12 bits per heavy atom. The van der Waals surface area contributed by atoms with Gasteiger partial charge in [0, 0.05) is 6.04 Å². The molecule has 1 amide bonds. The van der Waals surface area contributed by atoms with E-state index >= 15 is 0 Å². The van der Waals surface area contributed by atoms with E-state index in [0.717, 1.165) is 17.7 Å². The Morgan fingerprint density at radius 1 is 1.44 bits per heavy atom. The van der Waals surface area contributed by atoms with Gasteiger partial charge >= 0.3 is 0 Å². The molecule has 1 aromatic carbocycles. The van der Waals surface area contributed by atoms with Gasteiger partial charge in [0.15, 0.2) is 6.61 Å². The van der Waals surface area contributed by atoms with E-state index in [-0.39, 0.29) is 18.6 Å². The summed E-state index contributed by atoms with van der Waals surface area (Å²) in [4.78, 5) is 11.5. The van der Waals surface area contributed by atoms with Crippen LogP contribution in [0.5, 0.6) is 5.75 Å². The SMILES string of the molecule is CC[C@@H](C)NC(=O)COc1ccccc1C. The van der Waals surface area contributed by atoms with Gasteiger partial charge in [0.2, 0.25) is 0 Å². The number of carbonyl (C=O) groups excluding carboxylic acids is 1. The van der Waals surface area contributed by atoms with Crippen molar-refractivity contribution in [2.75, 3.05) is 6.61 Å². The van der Waals surface area contributed by atoms with Crippen LogP contribution in [0, 0.1) is 6.92 Å². The lowest BCUT2D eigenvalue weighted by Crippen LogP contribution is -2.35. The topological polar surface area (TPSA) is 38.3 Å². The Morgan fingerprint density at radius 3 is 2.75 bits per heavy atom. The van der Waals surface area contributed by atoms with Crippen LogP contribution in [0.4, 0.5) is 0 Å². The minimum Gasteiger partial charge on any atom is -0.484 e. The average Bonchev–Trinajstić information content (AvgIpc) is 2.28.